The summed E-state index contributed by atoms with van der Waals surface area (Å²) < 4.78 is 5.51. The molecule has 7 nitrogen and oxygen atoms in total. The van der Waals surface area contributed by atoms with Gasteiger partial charge in [0.2, 0.25) is 0 Å². The highest BCUT2D eigenvalue weighted by molar-refractivity contribution is 5.92. The Morgan fingerprint density at radius 2 is 2.13 bits per heavy atom. The van der Waals surface area contributed by atoms with Crippen LogP contribution in [0.15, 0.2) is 30.5 Å². The molecule has 7 heteroatoms. The first kappa shape index (κ1) is 20.0. The molecule has 1 aliphatic heterocycles. The van der Waals surface area contributed by atoms with Gasteiger partial charge in [0.05, 0.1) is 46.9 Å². The van der Waals surface area contributed by atoms with Crippen molar-refractivity contribution in [3.63, 3.8) is 0 Å². The lowest BCUT2D eigenvalue weighted by molar-refractivity contribution is 0.121. The molecule has 0 bridgehead atoms. The van der Waals surface area contributed by atoms with Gasteiger partial charge in [0.1, 0.15) is 0 Å². The van der Waals surface area contributed by atoms with Crippen LogP contribution in [0.5, 0.6) is 0 Å². The molecule has 0 unspecified atom stereocenters. The Hall–Kier alpha value is -3.24. The number of ether oxygens (including phenoxy) is 1. The van der Waals surface area contributed by atoms with Crippen LogP contribution in [-0.4, -0.2) is 41.5 Å². The van der Waals surface area contributed by atoms with Gasteiger partial charge in [0, 0.05) is 25.6 Å². The molecular formula is C23H26N6O. The summed E-state index contributed by atoms with van der Waals surface area (Å²) in [5.41, 5.74) is 5.43. The van der Waals surface area contributed by atoms with E-state index in [4.69, 9.17) is 9.72 Å². The molecule has 1 fully saturated rings. The number of anilines is 2. The standard InChI is InChI=1S/C23H26N6O/c1-14-17(11-24)6-5-7-20(14)15(2)26-23-21-10-18(29-9-8-19(13-29)30-4)12-25-22(21)16(3)27-28-23/h5-7,10,12,15,19H,8-9,13H2,1-4H3,(H,26,28)/t15-,19+/m1/s1. The molecule has 4 rings (SSSR count). The summed E-state index contributed by atoms with van der Waals surface area (Å²) in [5.74, 6) is 0.696. The van der Waals surface area contributed by atoms with Gasteiger partial charge in [0.15, 0.2) is 5.82 Å². The van der Waals surface area contributed by atoms with Gasteiger partial charge in [-0.2, -0.15) is 10.4 Å². The Bertz CT molecular complexity index is 1120. The molecular weight excluding hydrogens is 376 g/mol. The number of hydrogen-bond acceptors (Lipinski definition) is 7. The van der Waals surface area contributed by atoms with Crippen molar-refractivity contribution in [3.05, 3.63) is 52.8 Å². The molecule has 154 valence electrons. The first-order valence-electron chi connectivity index (χ1n) is 10.2. The van der Waals surface area contributed by atoms with E-state index >= 15 is 0 Å². The number of benzene rings is 1. The van der Waals surface area contributed by atoms with E-state index in [1.165, 1.54) is 0 Å². The quantitative estimate of drug-likeness (QED) is 0.692. The van der Waals surface area contributed by atoms with Crippen molar-refractivity contribution >= 4 is 22.4 Å². The van der Waals surface area contributed by atoms with Crippen LogP contribution in [0.1, 0.15) is 41.8 Å². The van der Waals surface area contributed by atoms with E-state index in [0.717, 1.165) is 52.9 Å². The fraction of sp³-hybridized carbons (Fsp3) is 0.391. The monoisotopic (exact) mass is 402 g/mol. The lowest BCUT2D eigenvalue weighted by atomic mass is 9.98. The normalized spacial score (nSPS) is 17.2. The summed E-state index contributed by atoms with van der Waals surface area (Å²) in [4.78, 5) is 6.99. The zero-order valence-corrected chi connectivity index (χ0v) is 17.8. The molecule has 1 aliphatic rings. The van der Waals surface area contributed by atoms with E-state index in [1.807, 2.05) is 38.2 Å². The SMILES string of the molecule is CO[C@H]1CCN(c2cnc3c(C)nnc(N[C@H](C)c4cccc(C#N)c4C)c3c2)C1. The van der Waals surface area contributed by atoms with Gasteiger partial charge >= 0.3 is 0 Å². The summed E-state index contributed by atoms with van der Waals surface area (Å²) in [7, 11) is 1.76. The summed E-state index contributed by atoms with van der Waals surface area (Å²) in [5, 5.41) is 22.5. The van der Waals surface area contributed by atoms with Crippen LogP contribution in [0.3, 0.4) is 0 Å². The third-order valence-corrected chi connectivity index (χ3v) is 5.93. The number of hydrogen-bond donors (Lipinski definition) is 1. The smallest absolute Gasteiger partial charge is 0.158 e. The van der Waals surface area contributed by atoms with Crippen molar-refractivity contribution in [1.29, 1.82) is 5.26 Å². The van der Waals surface area contributed by atoms with Gasteiger partial charge in [-0.15, -0.1) is 5.10 Å². The predicted molar refractivity (Wildman–Crippen MR) is 118 cm³/mol. The number of nitriles is 1. The van der Waals surface area contributed by atoms with Crippen molar-refractivity contribution in [2.24, 2.45) is 0 Å². The Labute approximate surface area is 176 Å². The van der Waals surface area contributed by atoms with Crippen LogP contribution in [0.2, 0.25) is 0 Å². The first-order valence-corrected chi connectivity index (χ1v) is 10.2. The maximum Gasteiger partial charge on any atom is 0.158 e. The van der Waals surface area contributed by atoms with E-state index in [9.17, 15) is 5.26 Å². The molecule has 1 saturated heterocycles. The average molecular weight is 403 g/mol. The van der Waals surface area contributed by atoms with E-state index in [2.05, 4.69) is 39.5 Å². The molecule has 3 aromatic rings. The second kappa shape index (κ2) is 8.25. The Morgan fingerprint density at radius 1 is 1.30 bits per heavy atom. The summed E-state index contributed by atoms with van der Waals surface area (Å²) >= 11 is 0. The van der Waals surface area contributed by atoms with Crippen LogP contribution in [0.25, 0.3) is 10.9 Å². The van der Waals surface area contributed by atoms with E-state index in [-0.39, 0.29) is 12.1 Å². The first-order chi connectivity index (χ1) is 14.5. The predicted octanol–water partition coefficient (Wildman–Crippen LogP) is 3.91. The van der Waals surface area contributed by atoms with Crippen molar-refractivity contribution < 1.29 is 4.74 Å². The van der Waals surface area contributed by atoms with Crippen LogP contribution in [-0.2, 0) is 4.74 Å². The van der Waals surface area contributed by atoms with Crippen molar-refractivity contribution in [2.75, 3.05) is 30.4 Å². The average Bonchev–Trinajstić information content (AvgIpc) is 3.25. The minimum atomic E-state index is -0.0354. The van der Waals surface area contributed by atoms with Crippen LogP contribution in [0.4, 0.5) is 11.5 Å². The number of rotatable bonds is 5. The van der Waals surface area contributed by atoms with Crippen LogP contribution >= 0.6 is 0 Å². The molecule has 1 aromatic carbocycles. The topological polar surface area (TPSA) is 87.0 Å². The molecule has 1 N–H and O–H groups in total. The summed E-state index contributed by atoms with van der Waals surface area (Å²) in [6.45, 7) is 7.78. The van der Waals surface area contributed by atoms with E-state index in [1.54, 1.807) is 7.11 Å². The van der Waals surface area contributed by atoms with Crippen molar-refractivity contribution in [3.8, 4) is 6.07 Å². The molecule has 0 saturated carbocycles. The molecule has 0 aliphatic carbocycles. The fourth-order valence-electron chi connectivity index (χ4n) is 4.11. The highest BCUT2D eigenvalue weighted by Crippen LogP contribution is 2.31. The number of pyridine rings is 1. The third-order valence-electron chi connectivity index (χ3n) is 5.93. The molecule has 2 atom stereocenters. The second-order valence-electron chi connectivity index (χ2n) is 7.81. The molecule has 0 amide bonds. The summed E-state index contributed by atoms with van der Waals surface area (Å²) in [6.07, 6.45) is 3.17. The number of nitrogens with zero attached hydrogens (tertiary/aromatic N) is 5. The Morgan fingerprint density at radius 3 is 2.87 bits per heavy atom. The fourth-order valence-corrected chi connectivity index (χ4v) is 4.11. The minimum Gasteiger partial charge on any atom is -0.380 e. The Kier molecular flexibility index (Phi) is 5.51. The minimum absolute atomic E-state index is 0.0354. The molecule has 3 heterocycles. The highest BCUT2D eigenvalue weighted by atomic mass is 16.5. The zero-order valence-electron chi connectivity index (χ0n) is 17.8. The van der Waals surface area contributed by atoms with Crippen LogP contribution in [0, 0.1) is 25.2 Å². The number of methoxy groups -OCH3 is 1. The zero-order chi connectivity index (χ0) is 21.3. The number of aromatic nitrogens is 3. The maximum atomic E-state index is 9.34. The maximum absolute atomic E-state index is 9.34. The molecule has 0 spiro atoms. The van der Waals surface area contributed by atoms with Crippen molar-refractivity contribution in [1.82, 2.24) is 15.2 Å². The lowest BCUT2D eigenvalue weighted by Gasteiger charge is -2.21. The number of aryl methyl sites for hydroxylation is 1. The van der Waals surface area contributed by atoms with Gasteiger partial charge in [-0.25, -0.2) is 0 Å². The Balaban J connectivity index is 1.69. The van der Waals surface area contributed by atoms with E-state index < -0.39 is 0 Å². The second-order valence-corrected chi connectivity index (χ2v) is 7.81. The number of fused-ring (bicyclic) bond motifs is 1. The third kappa shape index (κ3) is 3.66. The van der Waals surface area contributed by atoms with Gasteiger partial charge in [-0.05, 0) is 50.5 Å². The van der Waals surface area contributed by atoms with Crippen molar-refractivity contribution in [2.45, 2.75) is 39.3 Å². The van der Waals surface area contributed by atoms with E-state index in [0.29, 0.717) is 11.4 Å². The van der Waals surface area contributed by atoms with Gasteiger partial charge in [-0.1, -0.05) is 12.1 Å². The number of nitrogens with one attached hydrogen (secondary N) is 1. The molecule has 0 radical (unpaired) electrons. The van der Waals surface area contributed by atoms with Crippen LogP contribution < -0.4 is 10.2 Å². The van der Waals surface area contributed by atoms with Gasteiger partial charge < -0.3 is 15.0 Å². The molecule has 2 aromatic heterocycles. The van der Waals surface area contributed by atoms with Gasteiger partial charge in [-0.3, -0.25) is 4.98 Å². The highest BCUT2D eigenvalue weighted by Gasteiger charge is 2.23. The largest absolute Gasteiger partial charge is 0.380 e. The molecule has 30 heavy (non-hydrogen) atoms. The summed E-state index contributed by atoms with van der Waals surface area (Å²) in [6, 6.07) is 10.1. The lowest BCUT2D eigenvalue weighted by Crippen LogP contribution is -2.22. The van der Waals surface area contributed by atoms with Gasteiger partial charge in [0.25, 0.3) is 0 Å².